The van der Waals surface area contributed by atoms with Crippen molar-refractivity contribution in [2.24, 2.45) is 0 Å². The molecule has 0 heterocycles. The van der Waals surface area contributed by atoms with Crippen LogP contribution in [0.4, 0.5) is 0 Å². The molecule has 3 aromatic rings. The van der Waals surface area contributed by atoms with Gasteiger partial charge in [-0.1, -0.05) is 66.7 Å². The molecular weight excluding hydrogens is 374 g/mol. The fraction of sp³-hybridized carbons (Fsp3) is 0.0952. The van der Waals surface area contributed by atoms with Crippen LogP contribution in [-0.4, -0.2) is 23.5 Å². The number of hydrazine groups is 1. The van der Waals surface area contributed by atoms with Gasteiger partial charge in [0.1, 0.15) is 5.75 Å². The first-order valence-electron chi connectivity index (χ1n) is 8.65. The minimum absolute atomic E-state index is 0.0134. The molecule has 2 amide bonds. The molecule has 0 saturated heterocycles. The smallest absolute Gasteiger partial charge is 0.276 e. The van der Waals surface area contributed by atoms with E-state index in [9.17, 15) is 9.59 Å². The van der Waals surface area contributed by atoms with E-state index in [-0.39, 0.29) is 24.0 Å². The zero-order valence-electron chi connectivity index (χ0n) is 15.0. The van der Waals surface area contributed by atoms with Crippen LogP contribution in [0.1, 0.15) is 5.56 Å². The summed E-state index contributed by atoms with van der Waals surface area (Å²) in [4.78, 5) is 23.9. The highest BCUT2D eigenvalue weighted by Gasteiger charge is 2.08. The van der Waals surface area contributed by atoms with Crippen molar-refractivity contribution in [3.8, 4) is 5.75 Å². The minimum Gasteiger partial charge on any atom is -0.483 e. The van der Waals surface area contributed by atoms with Crippen LogP contribution in [0.15, 0.2) is 72.8 Å². The SMILES string of the molecule is O=C(COc1cccc2ccccc12)NNC(=S)NC(=O)Cc1ccccc1. The Labute approximate surface area is 167 Å². The van der Waals surface area contributed by atoms with Gasteiger partial charge in [0.2, 0.25) is 5.91 Å². The lowest BCUT2D eigenvalue weighted by atomic mass is 10.1. The monoisotopic (exact) mass is 393 g/mol. The van der Waals surface area contributed by atoms with E-state index in [4.69, 9.17) is 17.0 Å². The highest BCUT2D eigenvalue weighted by Crippen LogP contribution is 2.24. The fourth-order valence-electron chi connectivity index (χ4n) is 2.61. The number of ether oxygens (including phenoxy) is 1. The van der Waals surface area contributed by atoms with Gasteiger partial charge in [-0.05, 0) is 29.2 Å². The first-order valence-corrected chi connectivity index (χ1v) is 9.06. The molecule has 3 rings (SSSR count). The first kappa shape index (κ1) is 19.3. The molecule has 7 heteroatoms. The summed E-state index contributed by atoms with van der Waals surface area (Å²) in [5.41, 5.74) is 5.76. The molecule has 142 valence electrons. The van der Waals surface area contributed by atoms with Crippen molar-refractivity contribution in [3.63, 3.8) is 0 Å². The van der Waals surface area contributed by atoms with Crippen LogP contribution in [0.25, 0.3) is 10.8 Å². The Balaban J connectivity index is 1.42. The van der Waals surface area contributed by atoms with E-state index in [1.165, 1.54) is 0 Å². The summed E-state index contributed by atoms with van der Waals surface area (Å²) >= 11 is 5.01. The third-order valence-electron chi connectivity index (χ3n) is 3.88. The lowest BCUT2D eigenvalue weighted by Crippen LogP contribution is -2.49. The number of benzene rings is 3. The van der Waals surface area contributed by atoms with E-state index < -0.39 is 5.91 Å². The van der Waals surface area contributed by atoms with E-state index in [0.717, 1.165) is 16.3 Å². The number of carbonyl (C=O) groups excluding carboxylic acids is 2. The Morgan fingerprint density at radius 2 is 1.54 bits per heavy atom. The van der Waals surface area contributed by atoms with Crippen molar-refractivity contribution >= 4 is 39.9 Å². The second-order valence-corrected chi connectivity index (χ2v) is 6.39. The highest BCUT2D eigenvalue weighted by molar-refractivity contribution is 7.80. The summed E-state index contributed by atoms with van der Waals surface area (Å²) in [5, 5.41) is 4.47. The minimum atomic E-state index is -0.424. The van der Waals surface area contributed by atoms with Crippen LogP contribution in [0.3, 0.4) is 0 Å². The average Bonchev–Trinajstić information content (AvgIpc) is 2.71. The van der Waals surface area contributed by atoms with Gasteiger partial charge in [0.15, 0.2) is 11.7 Å². The molecule has 0 fully saturated rings. The molecule has 0 aliphatic heterocycles. The third-order valence-corrected chi connectivity index (χ3v) is 4.09. The number of hydrogen-bond acceptors (Lipinski definition) is 4. The number of carbonyl (C=O) groups is 2. The second-order valence-electron chi connectivity index (χ2n) is 5.98. The number of hydrogen-bond donors (Lipinski definition) is 3. The standard InChI is InChI=1S/C21H19N3O3S/c25-19(13-15-7-2-1-3-8-15)22-21(28)24-23-20(26)14-27-18-12-6-10-16-9-4-5-11-17(16)18/h1-12H,13-14H2,(H,23,26)(H2,22,24,25,28). The van der Waals surface area contributed by atoms with Gasteiger partial charge in [0, 0.05) is 5.39 Å². The van der Waals surface area contributed by atoms with Crippen LogP contribution in [0.5, 0.6) is 5.75 Å². The maximum absolute atomic E-state index is 12.0. The maximum atomic E-state index is 12.0. The zero-order chi connectivity index (χ0) is 19.8. The summed E-state index contributed by atoms with van der Waals surface area (Å²) in [5.74, 6) is -0.0791. The third kappa shape index (κ3) is 5.52. The fourth-order valence-corrected chi connectivity index (χ4v) is 2.78. The van der Waals surface area contributed by atoms with Crippen molar-refractivity contribution in [3.05, 3.63) is 78.4 Å². The first-order chi connectivity index (χ1) is 13.6. The molecule has 6 nitrogen and oxygen atoms in total. The van der Waals surface area contributed by atoms with Gasteiger partial charge in [0.05, 0.1) is 6.42 Å². The summed E-state index contributed by atoms with van der Waals surface area (Å²) in [7, 11) is 0. The quantitative estimate of drug-likeness (QED) is 0.458. The Morgan fingerprint density at radius 1 is 0.821 bits per heavy atom. The van der Waals surface area contributed by atoms with Crippen molar-refractivity contribution in [1.82, 2.24) is 16.2 Å². The van der Waals surface area contributed by atoms with Crippen LogP contribution in [0, 0.1) is 0 Å². The van der Waals surface area contributed by atoms with Gasteiger partial charge < -0.3 is 10.1 Å². The molecule has 0 spiro atoms. The summed E-state index contributed by atoms with van der Waals surface area (Å²) in [6.07, 6.45) is 0.195. The number of amides is 2. The van der Waals surface area contributed by atoms with E-state index in [1.807, 2.05) is 66.7 Å². The van der Waals surface area contributed by atoms with Crippen LogP contribution in [0.2, 0.25) is 0 Å². The maximum Gasteiger partial charge on any atom is 0.276 e. The van der Waals surface area contributed by atoms with Crippen molar-refractivity contribution < 1.29 is 14.3 Å². The van der Waals surface area contributed by atoms with Crippen molar-refractivity contribution in [2.75, 3.05) is 6.61 Å². The molecule has 0 unspecified atom stereocenters. The molecule has 0 radical (unpaired) electrons. The Hall–Kier alpha value is -3.45. The van der Waals surface area contributed by atoms with Gasteiger partial charge in [-0.25, -0.2) is 0 Å². The largest absolute Gasteiger partial charge is 0.483 e. The molecular formula is C21H19N3O3S. The van der Waals surface area contributed by atoms with E-state index in [2.05, 4.69) is 16.2 Å². The lowest BCUT2D eigenvalue weighted by Gasteiger charge is -2.12. The van der Waals surface area contributed by atoms with Crippen LogP contribution >= 0.6 is 12.2 Å². The van der Waals surface area contributed by atoms with Crippen molar-refractivity contribution in [2.45, 2.75) is 6.42 Å². The van der Waals surface area contributed by atoms with Crippen molar-refractivity contribution in [1.29, 1.82) is 0 Å². The van der Waals surface area contributed by atoms with Crippen LogP contribution < -0.4 is 20.9 Å². The van der Waals surface area contributed by atoms with E-state index in [0.29, 0.717) is 5.75 Å². The molecule has 0 saturated carbocycles. The van der Waals surface area contributed by atoms with Crippen LogP contribution in [-0.2, 0) is 16.0 Å². The van der Waals surface area contributed by atoms with Gasteiger partial charge in [-0.15, -0.1) is 0 Å². The second kappa shape index (κ2) is 9.48. The molecule has 0 bridgehead atoms. The Morgan fingerprint density at radius 3 is 2.36 bits per heavy atom. The van der Waals surface area contributed by atoms with E-state index in [1.54, 1.807) is 6.07 Å². The lowest BCUT2D eigenvalue weighted by molar-refractivity contribution is -0.124. The molecule has 0 aliphatic carbocycles. The van der Waals surface area contributed by atoms with Gasteiger partial charge >= 0.3 is 0 Å². The number of nitrogens with one attached hydrogen (secondary N) is 3. The summed E-state index contributed by atoms with van der Waals surface area (Å²) in [6.45, 7) is -0.193. The molecule has 0 aromatic heterocycles. The van der Waals surface area contributed by atoms with Gasteiger partial charge in [-0.2, -0.15) is 0 Å². The number of fused-ring (bicyclic) bond motifs is 1. The molecule has 28 heavy (non-hydrogen) atoms. The molecule has 0 atom stereocenters. The molecule has 3 N–H and O–H groups in total. The summed E-state index contributed by atoms with van der Waals surface area (Å²) in [6, 6.07) is 22.7. The Kier molecular flexibility index (Phi) is 6.54. The predicted molar refractivity (Wildman–Crippen MR) is 112 cm³/mol. The average molecular weight is 393 g/mol. The number of thiocarbonyl (C=S) groups is 1. The van der Waals surface area contributed by atoms with Gasteiger partial charge in [0.25, 0.3) is 5.91 Å². The molecule has 0 aliphatic rings. The zero-order valence-corrected chi connectivity index (χ0v) is 15.8. The normalized spacial score (nSPS) is 10.1. The van der Waals surface area contributed by atoms with E-state index >= 15 is 0 Å². The summed E-state index contributed by atoms with van der Waals surface area (Å²) < 4.78 is 5.59. The van der Waals surface area contributed by atoms with Gasteiger partial charge in [-0.3, -0.25) is 20.4 Å². The predicted octanol–water partition coefficient (Wildman–Crippen LogP) is 2.48. The number of rotatable bonds is 5. The molecule has 3 aromatic carbocycles. The Bertz CT molecular complexity index is 987. The highest BCUT2D eigenvalue weighted by atomic mass is 32.1. The topological polar surface area (TPSA) is 79.5 Å².